The summed E-state index contributed by atoms with van der Waals surface area (Å²) in [5.74, 6) is 0. The molecule has 0 saturated heterocycles. The second kappa shape index (κ2) is 3.98. The molecule has 0 radical (unpaired) electrons. The van der Waals surface area contributed by atoms with Gasteiger partial charge in [0.25, 0.3) is 0 Å². The van der Waals surface area contributed by atoms with Crippen molar-refractivity contribution >= 4 is 22.2 Å². The average Bonchev–Trinajstić information content (AvgIpc) is 2.61. The zero-order valence-electron chi connectivity index (χ0n) is 8.14. The fraction of sp³-hybridized carbons (Fsp3) is 0.0909. The molecule has 3 nitrogen and oxygen atoms in total. The van der Waals surface area contributed by atoms with Gasteiger partial charge in [-0.15, -0.1) is 0 Å². The van der Waals surface area contributed by atoms with Crippen LogP contribution in [-0.2, 0) is 0 Å². The number of carbonyl (C=O) groups excluding carboxylic acids is 1. The highest BCUT2D eigenvalue weighted by Gasteiger charge is 2.05. The molecule has 76 valence electrons. The van der Waals surface area contributed by atoms with Crippen LogP contribution >= 0.6 is 15.9 Å². The quantitative estimate of drug-likeness (QED) is 0.782. The van der Waals surface area contributed by atoms with Gasteiger partial charge in [0.15, 0.2) is 6.29 Å². The number of benzene rings is 1. The first kappa shape index (κ1) is 10.1. The van der Waals surface area contributed by atoms with Gasteiger partial charge in [-0.3, -0.25) is 4.79 Å². The highest BCUT2D eigenvalue weighted by atomic mass is 79.9. The van der Waals surface area contributed by atoms with E-state index in [1.165, 1.54) is 5.56 Å². The van der Waals surface area contributed by atoms with E-state index in [1.54, 1.807) is 10.9 Å². The second-order valence-electron chi connectivity index (χ2n) is 3.27. The van der Waals surface area contributed by atoms with Gasteiger partial charge in [0, 0.05) is 6.20 Å². The molecule has 0 aliphatic rings. The van der Waals surface area contributed by atoms with E-state index in [0.29, 0.717) is 10.2 Å². The van der Waals surface area contributed by atoms with E-state index >= 15 is 0 Å². The maximum atomic E-state index is 10.6. The number of aromatic nitrogens is 2. The lowest BCUT2D eigenvalue weighted by atomic mass is 10.2. The molecule has 0 aliphatic carbocycles. The van der Waals surface area contributed by atoms with Crippen molar-refractivity contribution in [1.29, 1.82) is 0 Å². The first-order valence-corrected chi connectivity index (χ1v) is 5.27. The third-order valence-corrected chi connectivity index (χ3v) is 2.74. The van der Waals surface area contributed by atoms with Crippen LogP contribution in [0, 0.1) is 6.92 Å². The molecule has 0 saturated carbocycles. The van der Waals surface area contributed by atoms with E-state index in [4.69, 9.17) is 0 Å². The average molecular weight is 265 g/mol. The molecule has 0 N–H and O–H groups in total. The minimum Gasteiger partial charge on any atom is -0.298 e. The second-order valence-corrected chi connectivity index (χ2v) is 4.02. The van der Waals surface area contributed by atoms with Gasteiger partial charge < -0.3 is 0 Å². The summed E-state index contributed by atoms with van der Waals surface area (Å²) in [5, 5.41) is 4.18. The third-order valence-electron chi connectivity index (χ3n) is 2.12. The smallest absolute Gasteiger partial charge is 0.154 e. The zero-order valence-corrected chi connectivity index (χ0v) is 9.73. The van der Waals surface area contributed by atoms with Crippen molar-refractivity contribution in [3.8, 4) is 5.69 Å². The maximum absolute atomic E-state index is 10.6. The first-order valence-electron chi connectivity index (χ1n) is 4.48. The van der Waals surface area contributed by atoms with Crippen LogP contribution in [-0.4, -0.2) is 16.1 Å². The summed E-state index contributed by atoms with van der Waals surface area (Å²) in [7, 11) is 0. The number of aryl methyl sites for hydroxylation is 1. The Morgan fingerprint density at radius 3 is 2.53 bits per heavy atom. The van der Waals surface area contributed by atoms with Crippen LogP contribution in [0.1, 0.15) is 15.9 Å². The monoisotopic (exact) mass is 264 g/mol. The predicted molar refractivity (Wildman–Crippen MR) is 61.4 cm³/mol. The van der Waals surface area contributed by atoms with Gasteiger partial charge in [-0.1, -0.05) is 17.7 Å². The predicted octanol–water partition coefficient (Wildman–Crippen LogP) is 2.76. The number of halogens is 1. The molecule has 2 rings (SSSR count). The Hall–Kier alpha value is -1.42. The van der Waals surface area contributed by atoms with Crippen molar-refractivity contribution in [3.05, 3.63) is 46.2 Å². The van der Waals surface area contributed by atoms with E-state index in [1.807, 2.05) is 31.2 Å². The lowest BCUT2D eigenvalue weighted by Gasteiger charge is -2.00. The summed E-state index contributed by atoms with van der Waals surface area (Å²) in [6.45, 7) is 2.03. The van der Waals surface area contributed by atoms with Crippen LogP contribution in [0.2, 0.25) is 0 Å². The molecular formula is C11H9BrN2O. The molecular weight excluding hydrogens is 256 g/mol. The molecule has 1 heterocycles. The van der Waals surface area contributed by atoms with E-state index in [0.717, 1.165) is 12.0 Å². The van der Waals surface area contributed by atoms with Gasteiger partial charge in [-0.05, 0) is 35.0 Å². The number of hydrogen-bond donors (Lipinski definition) is 0. The van der Waals surface area contributed by atoms with Crippen molar-refractivity contribution in [1.82, 2.24) is 9.78 Å². The summed E-state index contributed by atoms with van der Waals surface area (Å²) in [5.41, 5.74) is 2.69. The van der Waals surface area contributed by atoms with Crippen molar-refractivity contribution in [2.45, 2.75) is 6.92 Å². The minimum atomic E-state index is 0.551. The van der Waals surface area contributed by atoms with Crippen molar-refractivity contribution in [3.63, 3.8) is 0 Å². The minimum absolute atomic E-state index is 0.551. The van der Waals surface area contributed by atoms with E-state index in [-0.39, 0.29) is 0 Å². The molecule has 0 spiro atoms. The van der Waals surface area contributed by atoms with Crippen molar-refractivity contribution in [2.24, 2.45) is 0 Å². The summed E-state index contributed by atoms with van der Waals surface area (Å²) in [6, 6.07) is 7.93. The molecule has 0 atom stereocenters. The molecule has 1 aromatic carbocycles. The highest BCUT2D eigenvalue weighted by molar-refractivity contribution is 9.10. The Balaban J connectivity index is 2.45. The van der Waals surface area contributed by atoms with Crippen molar-refractivity contribution in [2.75, 3.05) is 0 Å². The zero-order chi connectivity index (χ0) is 10.8. The topological polar surface area (TPSA) is 34.9 Å². The van der Waals surface area contributed by atoms with Crippen LogP contribution in [0.25, 0.3) is 5.69 Å². The summed E-state index contributed by atoms with van der Waals surface area (Å²) < 4.78 is 2.24. The summed E-state index contributed by atoms with van der Waals surface area (Å²) in [6.07, 6.45) is 2.48. The van der Waals surface area contributed by atoms with Gasteiger partial charge in [0.1, 0.15) is 4.60 Å². The Morgan fingerprint density at radius 2 is 2.00 bits per heavy atom. The number of hydrogen-bond acceptors (Lipinski definition) is 2. The fourth-order valence-electron chi connectivity index (χ4n) is 1.28. The Bertz CT molecular complexity index is 488. The van der Waals surface area contributed by atoms with Gasteiger partial charge in [0.2, 0.25) is 0 Å². The largest absolute Gasteiger partial charge is 0.298 e. The Kier molecular flexibility index (Phi) is 2.68. The van der Waals surface area contributed by atoms with Gasteiger partial charge in [0.05, 0.1) is 11.3 Å². The molecule has 0 aliphatic heterocycles. The molecule has 2 aromatic rings. The van der Waals surface area contributed by atoms with Gasteiger partial charge in [-0.25, -0.2) is 4.68 Å². The lowest BCUT2D eigenvalue weighted by Crippen LogP contribution is -1.93. The van der Waals surface area contributed by atoms with E-state index in [2.05, 4.69) is 21.0 Å². The number of nitrogens with zero attached hydrogens (tertiary/aromatic N) is 2. The van der Waals surface area contributed by atoms with Crippen LogP contribution in [0.15, 0.2) is 35.1 Å². The van der Waals surface area contributed by atoms with Crippen molar-refractivity contribution < 1.29 is 4.79 Å². The molecule has 1 aromatic heterocycles. The van der Waals surface area contributed by atoms with E-state index < -0.39 is 0 Å². The molecule has 0 unspecified atom stereocenters. The van der Waals surface area contributed by atoms with Gasteiger partial charge >= 0.3 is 0 Å². The molecule has 4 heteroatoms. The fourth-order valence-corrected chi connectivity index (χ4v) is 1.64. The van der Waals surface area contributed by atoms with Gasteiger partial charge in [-0.2, -0.15) is 5.10 Å². The lowest BCUT2D eigenvalue weighted by molar-refractivity contribution is 0.112. The molecule has 0 amide bonds. The standard InChI is InChI=1S/C11H9BrN2O/c1-8-2-4-10(5-3-8)14-6-9(7-15)11(12)13-14/h2-7H,1H3. The Labute approximate surface area is 95.9 Å². The SMILES string of the molecule is Cc1ccc(-n2cc(C=O)c(Br)n2)cc1. The molecule has 0 fully saturated rings. The number of rotatable bonds is 2. The first-order chi connectivity index (χ1) is 7.20. The molecule has 15 heavy (non-hydrogen) atoms. The van der Waals surface area contributed by atoms with E-state index in [9.17, 15) is 4.79 Å². The normalized spacial score (nSPS) is 10.3. The highest BCUT2D eigenvalue weighted by Crippen LogP contribution is 2.16. The van der Waals surface area contributed by atoms with Crippen LogP contribution in [0.4, 0.5) is 0 Å². The summed E-state index contributed by atoms with van der Waals surface area (Å²) in [4.78, 5) is 10.6. The van der Waals surface area contributed by atoms with Crippen LogP contribution in [0.3, 0.4) is 0 Å². The third kappa shape index (κ3) is 1.99. The maximum Gasteiger partial charge on any atom is 0.154 e. The summed E-state index contributed by atoms with van der Waals surface area (Å²) >= 11 is 3.23. The molecule has 0 bridgehead atoms. The Morgan fingerprint density at radius 1 is 1.33 bits per heavy atom. The number of aldehydes is 1. The van der Waals surface area contributed by atoms with Crippen LogP contribution < -0.4 is 0 Å². The number of carbonyl (C=O) groups is 1. The van der Waals surface area contributed by atoms with Crippen LogP contribution in [0.5, 0.6) is 0 Å².